The number of hydrogen-bond acceptors (Lipinski definition) is 7. The van der Waals surface area contributed by atoms with Gasteiger partial charge in [-0.1, -0.05) is 12.1 Å². The summed E-state index contributed by atoms with van der Waals surface area (Å²) in [6.45, 7) is 0.262. The molecule has 188 valence electrons. The molecule has 0 saturated heterocycles. The molecule has 6 rings (SSSR count). The number of rotatable bonds is 6. The second-order valence-electron chi connectivity index (χ2n) is 9.06. The Morgan fingerprint density at radius 1 is 1.03 bits per heavy atom. The number of anilines is 1. The molecule has 11 heteroatoms. The molecule has 0 aliphatic carbocycles. The fourth-order valence-corrected chi connectivity index (χ4v) is 4.29. The van der Waals surface area contributed by atoms with E-state index < -0.39 is 0 Å². The molecule has 5 heterocycles. The van der Waals surface area contributed by atoms with Crippen molar-refractivity contribution >= 4 is 33.5 Å². The Morgan fingerprint density at radius 2 is 1.89 bits per heavy atom. The molecule has 0 aliphatic heterocycles. The van der Waals surface area contributed by atoms with Gasteiger partial charge in [-0.25, -0.2) is 9.37 Å². The molecule has 1 aromatic carbocycles. The van der Waals surface area contributed by atoms with Crippen LogP contribution in [0, 0.1) is 5.82 Å². The van der Waals surface area contributed by atoms with E-state index in [4.69, 9.17) is 4.98 Å². The lowest BCUT2D eigenvalue weighted by molar-refractivity contribution is -0.116. The number of nitrogens with one attached hydrogen (secondary N) is 3. The molecule has 1 amide bonds. The smallest absolute Gasteiger partial charge is 0.238 e. The SMILES string of the molecule is CN(C)CC(=O)Nc1cncc(-c2cc3c(-c4nc5c(-c6ccccc6F)nccc5[nH]4)n[nH]c3cn2)c1. The Bertz CT molecular complexity index is 1810. The Labute approximate surface area is 216 Å². The Kier molecular flexibility index (Phi) is 5.81. The van der Waals surface area contributed by atoms with Crippen molar-refractivity contribution in [3.63, 3.8) is 0 Å². The van der Waals surface area contributed by atoms with E-state index in [0.29, 0.717) is 45.2 Å². The predicted molar refractivity (Wildman–Crippen MR) is 143 cm³/mol. The monoisotopic (exact) mass is 507 g/mol. The number of likely N-dealkylation sites (N-methyl/N-ethyl adjacent to an activating group) is 1. The lowest BCUT2D eigenvalue weighted by Crippen LogP contribution is -2.27. The van der Waals surface area contributed by atoms with Gasteiger partial charge < -0.3 is 15.2 Å². The summed E-state index contributed by atoms with van der Waals surface area (Å²) in [6, 6.07) is 12.0. The highest BCUT2D eigenvalue weighted by Crippen LogP contribution is 2.32. The summed E-state index contributed by atoms with van der Waals surface area (Å²) in [6.07, 6.45) is 6.58. The zero-order valence-corrected chi connectivity index (χ0v) is 20.5. The van der Waals surface area contributed by atoms with Crippen LogP contribution >= 0.6 is 0 Å². The molecule has 6 aromatic rings. The van der Waals surface area contributed by atoms with Crippen LogP contribution < -0.4 is 5.32 Å². The number of aromatic nitrogens is 7. The maximum Gasteiger partial charge on any atom is 0.238 e. The standard InChI is InChI=1S/C27H22FN9O/c1-37(2)14-23(38)32-16-9-15(11-29-12-16)21-10-18-22(13-31-21)35-36-25(18)27-33-20-7-8-30-24(26(20)34-27)17-5-3-4-6-19(17)28/h3-13H,14H2,1-2H3,(H,32,38)(H,33,34)(H,35,36). The average molecular weight is 508 g/mol. The van der Waals surface area contributed by atoms with E-state index in [0.717, 1.165) is 16.5 Å². The van der Waals surface area contributed by atoms with Crippen LogP contribution in [0.3, 0.4) is 0 Å². The third kappa shape index (κ3) is 4.35. The van der Waals surface area contributed by atoms with E-state index in [-0.39, 0.29) is 18.3 Å². The van der Waals surface area contributed by atoms with E-state index in [1.54, 1.807) is 54.0 Å². The maximum atomic E-state index is 14.5. The third-order valence-corrected chi connectivity index (χ3v) is 5.98. The van der Waals surface area contributed by atoms with Gasteiger partial charge in [-0.05, 0) is 44.4 Å². The fraction of sp³-hybridized carbons (Fsp3) is 0.111. The van der Waals surface area contributed by atoms with Crippen molar-refractivity contribution < 1.29 is 9.18 Å². The number of imidazole rings is 1. The minimum absolute atomic E-state index is 0.136. The number of aromatic amines is 2. The number of amides is 1. The van der Waals surface area contributed by atoms with Gasteiger partial charge in [0.15, 0.2) is 5.82 Å². The number of carbonyl (C=O) groups excluding carboxylic acids is 1. The number of carbonyl (C=O) groups is 1. The summed E-state index contributed by atoms with van der Waals surface area (Å²) in [7, 11) is 3.66. The molecule has 0 saturated carbocycles. The molecule has 5 aromatic heterocycles. The first-order chi connectivity index (χ1) is 18.5. The van der Waals surface area contributed by atoms with Crippen molar-refractivity contribution in [3.8, 4) is 34.0 Å². The number of nitrogens with zero attached hydrogens (tertiary/aromatic N) is 6. The van der Waals surface area contributed by atoms with E-state index >= 15 is 0 Å². The van der Waals surface area contributed by atoms with Crippen LogP contribution in [-0.4, -0.2) is 66.6 Å². The second kappa shape index (κ2) is 9.45. The minimum Gasteiger partial charge on any atom is -0.336 e. The second-order valence-corrected chi connectivity index (χ2v) is 9.06. The Morgan fingerprint density at radius 3 is 2.74 bits per heavy atom. The molecule has 10 nitrogen and oxygen atoms in total. The zero-order chi connectivity index (χ0) is 26.2. The van der Waals surface area contributed by atoms with Gasteiger partial charge in [-0.15, -0.1) is 0 Å². The summed E-state index contributed by atoms with van der Waals surface area (Å²) in [5, 5.41) is 11.1. The van der Waals surface area contributed by atoms with Crippen LogP contribution in [0.5, 0.6) is 0 Å². The molecule has 0 aliphatic rings. The number of pyridine rings is 3. The van der Waals surface area contributed by atoms with Crippen LogP contribution in [0.1, 0.15) is 0 Å². The van der Waals surface area contributed by atoms with E-state index in [1.165, 1.54) is 6.07 Å². The molecule has 0 unspecified atom stereocenters. The predicted octanol–water partition coefficient (Wildman–Crippen LogP) is 4.26. The van der Waals surface area contributed by atoms with Crippen LogP contribution in [0.2, 0.25) is 0 Å². The first-order valence-electron chi connectivity index (χ1n) is 11.8. The van der Waals surface area contributed by atoms with E-state index in [1.807, 2.05) is 26.2 Å². The highest BCUT2D eigenvalue weighted by atomic mass is 19.1. The first-order valence-corrected chi connectivity index (χ1v) is 11.8. The normalized spacial score (nSPS) is 11.5. The summed E-state index contributed by atoms with van der Waals surface area (Å²) in [5.41, 5.74) is 5.35. The van der Waals surface area contributed by atoms with Crippen LogP contribution in [0.15, 0.2) is 67.3 Å². The van der Waals surface area contributed by atoms with Crippen LogP contribution in [-0.2, 0) is 4.79 Å². The highest BCUT2D eigenvalue weighted by molar-refractivity contribution is 5.97. The highest BCUT2D eigenvalue weighted by Gasteiger charge is 2.18. The molecule has 0 radical (unpaired) electrons. The quantitative estimate of drug-likeness (QED) is 0.307. The topological polar surface area (TPSA) is 128 Å². The van der Waals surface area contributed by atoms with E-state index in [9.17, 15) is 9.18 Å². The van der Waals surface area contributed by atoms with Crippen LogP contribution in [0.4, 0.5) is 10.1 Å². The summed E-state index contributed by atoms with van der Waals surface area (Å²) in [4.78, 5) is 35.2. The number of hydrogen-bond donors (Lipinski definition) is 3. The van der Waals surface area contributed by atoms with Gasteiger partial charge in [0, 0.05) is 28.9 Å². The van der Waals surface area contributed by atoms with Gasteiger partial charge in [-0.2, -0.15) is 5.10 Å². The van der Waals surface area contributed by atoms with Gasteiger partial charge in [0.2, 0.25) is 5.91 Å². The zero-order valence-electron chi connectivity index (χ0n) is 20.5. The molecule has 0 atom stereocenters. The largest absolute Gasteiger partial charge is 0.336 e. The van der Waals surface area contributed by atoms with Crippen molar-refractivity contribution in [1.29, 1.82) is 0 Å². The lowest BCUT2D eigenvalue weighted by Gasteiger charge is -2.10. The fourth-order valence-electron chi connectivity index (χ4n) is 4.29. The first kappa shape index (κ1) is 23.4. The van der Waals surface area contributed by atoms with Gasteiger partial charge in [0.1, 0.15) is 22.7 Å². The van der Waals surface area contributed by atoms with Gasteiger partial charge in [-0.3, -0.25) is 24.8 Å². The number of halogens is 1. The van der Waals surface area contributed by atoms with Gasteiger partial charge in [0.25, 0.3) is 0 Å². The average Bonchev–Trinajstić information content (AvgIpc) is 3.52. The van der Waals surface area contributed by atoms with Crippen molar-refractivity contribution in [1.82, 2.24) is 40.0 Å². The molecule has 38 heavy (non-hydrogen) atoms. The number of benzene rings is 1. The van der Waals surface area contributed by atoms with Crippen molar-refractivity contribution in [2.75, 3.05) is 26.0 Å². The van der Waals surface area contributed by atoms with Gasteiger partial charge in [0.05, 0.1) is 41.4 Å². The van der Waals surface area contributed by atoms with E-state index in [2.05, 4.69) is 35.5 Å². The molecule has 3 N–H and O–H groups in total. The third-order valence-electron chi connectivity index (χ3n) is 5.98. The Hall–Kier alpha value is -5.03. The Balaban J connectivity index is 1.39. The van der Waals surface area contributed by atoms with Crippen molar-refractivity contribution in [3.05, 3.63) is 73.1 Å². The van der Waals surface area contributed by atoms with Crippen LogP contribution in [0.25, 0.3) is 56.0 Å². The lowest BCUT2D eigenvalue weighted by atomic mass is 10.1. The number of H-pyrrole nitrogens is 2. The van der Waals surface area contributed by atoms with Crippen molar-refractivity contribution in [2.45, 2.75) is 0 Å². The summed E-state index contributed by atoms with van der Waals surface area (Å²) < 4.78 is 14.5. The maximum absolute atomic E-state index is 14.5. The number of fused-ring (bicyclic) bond motifs is 2. The summed E-state index contributed by atoms with van der Waals surface area (Å²) >= 11 is 0. The van der Waals surface area contributed by atoms with Gasteiger partial charge >= 0.3 is 0 Å². The molecular formula is C27H22FN9O. The van der Waals surface area contributed by atoms with Crippen molar-refractivity contribution in [2.24, 2.45) is 0 Å². The molecule has 0 spiro atoms. The molecule has 0 fully saturated rings. The molecule has 0 bridgehead atoms. The molecular weight excluding hydrogens is 485 g/mol. The summed E-state index contributed by atoms with van der Waals surface area (Å²) in [5.74, 6) is 0.00662. The minimum atomic E-state index is -0.369.